The fourth-order valence-electron chi connectivity index (χ4n) is 3.89. The monoisotopic (exact) mass is 295 g/mol. The van der Waals surface area contributed by atoms with Gasteiger partial charge in [0.1, 0.15) is 0 Å². The zero-order valence-corrected chi connectivity index (χ0v) is 13.7. The molecule has 0 radical (unpaired) electrons. The quantitative estimate of drug-likeness (QED) is 0.540. The third kappa shape index (κ3) is 4.17. The Labute approximate surface area is 129 Å². The molecule has 0 bridgehead atoms. The predicted molar refractivity (Wildman–Crippen MR) is 87.5 cm³/mol. The van der Waals surface area contributed by atoms with Crippen LogP contribution in [0.15, 0.2) is 0 Å². The number of hydrogen-bond acceptors (Lipinski definition) is 5. The minimum atomic E-state index is 0.684. The van der Waals surface area contributed by atoms with Crippen molar-refractivity contribution in [2.75, 3.05) is 72.6 Å². The van der Waals surface area contributed by atoms with Gasteiger partial charge in [-0.3, -0.25) is 4.90 Å². The highest BCUT2D eigenvalue weighted by molar-refractivity contribution is 4.95. The maximum absolute atomic E-state index is 3.62. The molecule has 3 fully saturated rings. The van der Waals surface area contributed by atoms with Gasteiger partial charge in [0.15, 0.2) is 0 Å². The van der Waals surface area contributed by atoms with Crippen LogP contribution in [-0.4, -0.2) is 82.4 Å². The van der Waals surface area contributed by atoms with Gasteiger partial charge in [0.05, 0.1) is 0 Å². The standard InChI is InChI=1S/C16H33N5/c1-17-5-2-15-10-21(11-15)14-18-6-9-20-7-3-16(4-8-20)12-19-13-16/h15,17-19H,2-14H2,1H3. The summed E-state index contributed by atoms with van der Waals surface area (Å²) in [7, 11) is 2.04. The molecular formula is C16H33N5. The van der Waals surface area contributed by atoms with E-state index in [1.54, 1.807) is 0 Å². The molecule has 0 unspecified atom stereocenters. The van der Waals surface area contributed by atoms with E-state index in [9.17, 15) is 0 Å². The van der Waals surface area contributed by atoms with E-state index in [0.29, 0.717) is 5.41 Å². The van der Waals surface area contributed by atoms with Crippen LogP contribution in [0.4, 0.5) is 0 Å². The Balaban J connectivity index is 1.17. The molecule has 5 nitrogen and oxygen atoms in total. The van der Waals surface area contributed by atoms with Crippen LogP contribution in [-0.2, 0) is 0 Å². The van der Waals surface area contributed by atoms with E-state index in [4.69, 9.17) is 0 Å². The fraction of sp³-hybridized carbons (Fsp3) is 1.00. The zero-order chi connectivity index (χ0) is 14.5. The zero-order valence-electron chi connectivity index (χ0n) is 13.7. The van der Waals surface area contributed by atoms with Gasteiger partial charge in [-0.2, -0.15) is 0 Å². The molecule has 3 rings (SSSR count). The second-order valence-corrected chi connectivity index (χ2v) is 7.40. The Morgan fingerprint density at radius 3 is 2.48 bits per heavy atom. The molecule has 0 amide bonds. The largest absolute Gasteiger partial charge is 0.320 e. The molecule has 5 heteroatoms. The van der Waals surface area contributed by atoms with Gasteiger partial charge in [-0.25, -0.2) is 0 Å². The minimum Gasteiger partial charge on any atom is -0.320 e. The lowest BCUT2D eigenvalue weighted by atomic mass is 9.73. The molecule has 3 saturated heterocycles. The average molecular weight is 295 g/mol. The lowest BCUT2D eigenvalue weighted by Crippen LogP contribution is -2.58. The highest BCUT2D eigenvalue weighted by atomic mass is 15.3. The van der Waals surface area contributed by atoms with Crippen molar-refractivity contribution >= 4 is 0 Å². The van der Waals surface area contributed by atoms with E-state index in [-0.39, 0.29) is 0 Å². The molecule has 0 aromatic carbocycles. The fourth-order valence-corrected chi connectivity index (χ4v) is 3.89. The molecule has 0 atom stereocenters. The van der Waals surface area contributed by atoms with Gasteiger partial charge in [0, 0.05) is 45.9 Å². The summed E-state index contributed by atoms with van der Waals surface area (Å²) < 4.78 is 0. The van der Waals surface area contributed by atoms with Crippen LogP contribution in [0.25, 0.3) is 0 Å². The summed E-state index contributed by atoms with van der Waals surface area (Å²) in [6.45, 7) is 12.3. The summed E-state index contributed by atoms with van der Waals surface area (Å²) in [6, 6.07) is 0. The predicted octanol–water partition coefficient (Wildman–Crippen LogP) is -0.240. The third-order valence-electron chi connectivity index (χ3n) is 5.69. The van der Waals surface area contributed by atoms with Crippen molar-refractivity contribution in [3.8, 4) is 0 Å². The van der Waals surface area contributed by atoms with Crippen molar-refractivity contribution in [2.45, 2.75) is 19.3 Å². The Hall–Kier alpha value is -0.200. The molecule has 3 aliphatic rings. The summed E-state index contributed by atoms with van der Waals surface area (Å²) in [4.78, 5) is 5.17. The van der Waals surface area contributed by atoms with Gasteiger partial charge in [-0.15, -0.1) is 0 Å². The summed E-state index contributed by atoms with van der Waals surface area (Å²) in [6.07, 6.45) is 4.13. The SMILES string of the molecule is CNCCC1CN(CNCCN2CCC3(CC2)CNC3)C1. The molecule has 3 aliphatic heterocycles. The molecule has 3 heterocycles. The highest BCUT2D eigenvalue weighted by Crippen LogP contribution is 2.34. The van der Waals surface area contributed by atoms with Crippen LogP contribution >= 0.6 is 0 Å². The molecular weight excluding hydrogens is 262 g/mol. The minimum absolute atomic E-state index is 0.684. The van der Waals surface area contributed by atoms with Crippen molar-refractivity contribution in [3.63, 3.8) is 0 Å². The maximum atomic E-state index is 3.62. The first-order valence-corrected chi connectivity index (χ1v) is 8.80. The Morgan fingerprint density at radius 2 is 1.86 bits per heavy atom. The van der Waals surface area contributed by atoms with Gasteiger partial charge in [-0.1, -0.05) is 0 Å². The number of nitrogens with zero attached hydrogens (tertiary/aromatic N) is 2. The van der Waals surface area contributed by atoms with Gasteiger partial charge < -0.3 is 20.9 Å². The van der Waals surface area contributed by atoms with Crippen LogP contribution in [0.5, 0.6) is 0 Å². The van der Waals surface area contributed by atoms with Gasteiger partial charge in [0.25, 0.3) is 0 Å². The third-order valence-corrected chi connectivity index (χ3v) is 5.69. The number of nitrogens with one attached hydrogen (secondary N) is 3. The first-order valence-electron chi connectivity index (χ1n) is 8.80. The summed E-state index contributed by atoms with van der Waals surface area (Å²) in [5, 5.41) is 10.3. The first kappa shape index (κ1) is 15.7. The number of hydrogen-bond donors (Lipinski definition) is 3. The van der Waals surface area contributed by atoms with Crippen LogP contribution in [0.2, 0.25) is 0 Å². The van der Waals surface area contributed by atoms with Crippen molar-refractivity contribution in [3.05, 3.63) is 0 Å². The van der Waals surface area contributed by atoms with Crippen LogP contribution in [0.1, 0.15) is 19.3 Å². The van der Waals surface area contributed by atoms with Crippen LogP contribution in [0.3, 0.4) is 0 Å². The van der Waals surface area contributed by atoms with E-state index in [2.05, 4.69) is 25.8 Å². The Bertz CT molecular complexity index is 302. The number of rotatable bonds is 8. The Morgan fingerprint density at radius 1 is 1.10 bits per heavy atom. The molecule has 1 spiro atoms. The first-order chi connectivity index (χ1) is 10.3. The molecule has 0 saturated carbocycles. The summed E-state index contributed by atoms with van der Waals surface area (Å²) in [5.74, 6) is 0.925. The highest BCUT2D eigenvalue weighted by Gasteiger charge is 2.39. The number of piperidine rings is 1. The van der Waals surface area contributed by atoms with Crippen LogP contribution in [0, 0.1) is 11.3 Å². The van der Waals surface area contributed by atoms with Crippen molar-refractivity contribution in [1.82, 2.24) is 25.8 Å². The summed E-state index contributed by atoms with van der Waals surface area (Å²) >= 11 is 0. The van der Waals surface area contributed by atoms with Crippen molar-refractivity contribution in [1.29, 1.82) is 0 Å². The van der Waals surface area contributed by atoms with Crippen LogP contribution < -0.4 is 16.0 Å². The lowest BCUT2D eigenvalue weighted by Gasteiger charge is -2.48. The van der Waals surface area contributed by atoms with Crippen molar-refractivity contribution < 1.29 is 0 Å². The second kappa shape index (κ2) is 7.38. The molecule has 0 aromatic rings. The van der Waals surface area contributed by atoms with E-state index < -0.39 is 0 Å². The molecule has 3 N–H and O–H groups in total. The van der Waals surface area contributed by atoms with E-state index in [1.165, 1.54) is 65.1 Å². The van der Waals surface area contributed by atoms with Gasteiger partial charge in [-0.05, 0) is 57.3 Å². The molecule has 21 heavy (non-hydrogen) atoms. The Kier molecular flexibility index (Phi) is 5.51. The number of likely N-dealkylation sites (tertiary alicyclic amines) is 2. The normalized spacial score (nSPS) is 26.7. The summed E-state index contributed by atoms with van der Waals surface area (Å²) in [5.41, 5.74) is 0.684. The van der Waals surface area contributed by atoms with E-state index >= 15 is 0 Å². The van der Waals surface area contributed by atoms with E-state index in [1.807, 2.05) is 7.05 Å². The van der Waals surface area contributed by atoms with Crippen molar-refractivity contribution in [2.24, 2.45) is 11.3 Å². The van der Waals surface area contributed by atoms with Gasteiger partial charge >= 0.3 is 0 Å². The van der Waals surface area contributed by atoms with Gasteiger partial charge in [0.2, 0.25) is 0 Å². The topological polar surface area (TPSA) is 42.6 Å². The lowest BCUT2D eigenvalue weighted by molar-refractivity contribution is 0.0528. The molecule has 0 aromatic heterocycles. The van der Waals surface area contributed by atoms with E-state index in [0.717, 1.165) is 25.7 Å². The molecule has 122 valence electrons. The average Bonchev–Trinajstić information content (AvgIpc) is 2.43. The smallest absolute Gasteiger partial charge is 0.0481 e. The maximum Gasteiger partial charge on any atom is 0.0481 e. The molecule has 0 aliphatic carbocycles. The second-order valence-electron chi connectivity index (χ2n) is 7.40.